The minimum Gasteiger partial charge on any atom is -0.388 e. The van der Waals surface area contributed by atoms with Gasteiger partial charge in [0.05, 0.1) is 11.7 Å². The Labute approximate surface area is 131 Å². The zero-order valence-electron chi connectivity index (χ0n) is 12.5. The number of halogens is 1. The second-order valence-electron chi connectivity index (χ2n) is 6.30. The molecule has 0 amide bonds. The van der Waals surface area contributed by atoms with Crippen LogP contribution in [0.5, 0.6) is 0 Å². The van der Waals surface area contributed by atoms with Crippen LogP contribution in [0, 0.1) is 12.8 Å². The molecule has 21 heavy (non-hydrogen) atoms. The largest absolute Gasteiger partial charge is 0.388 e. The van der Waals surface area contributed by atoms with Gasteiger partial charge in [-0.2, -0.15) is 0 Å². The Morgan fingerprint density at radius 3 is 2.81 bits per heavy atom. The maximum atomic E-state index is 10.8. The minimum atomic E-state index is -0.465. The first-order chi connectivity index (χ1) is 10.1. The van der Waals surface area contributed by atoms with E-state index in [1.54, 1.807) is 0 Å². The van der Waals surface area contributed by atoms with Crippen molar-refractivity contribution in [3.05, 3.63) is 34.3 Å². The van der Waals surface area contributed by atoms with Crippen molar-refractivity contribution >= 4 is 11.6 Å². The first-order valence-corrected chi connectivity index (χ1v) is 8.14. The molecular weight excluding hydrogens is 288 g/mol. The summed E-state index contributed by atoms with van der Waals surface area (Å²) >= 11 is 6.19. The molecule has 1 N–H and O–H groups in total. The Balaban J connectivity index is 1.78. The summed E-state index contributed by atoms with van der Waals surface area (Å²) in [6, 6.07) is 5.77. The summed E-state index contributed by atoms with van der Waals surface area (Å²) in [4.78, 5) is 0. The van der Waals surface area contributed by atoms with E-state index in [0.717, 1.165) is 61.7 Å². The summed E-state index contributed by atoms with van der Waals surface area (Å²) in [5, 5.41) is 11.5. The maximum Gasteiger partial charge on any atom is 0.0823 e. The summed E-state index contributed by atoms with van der Waals surface area (Å²) in [5.74, 6) is 0.231. The van der Waals surface area contributed by atoms with Crippen LogP contribution in [-0.2, 0) is 9.47 Å². The highest BCUT2D eigenvalue weighted by atomic mass is 35.5. The zero-order valence-corrected chi connectivity index (χ0v) is 13.2. The van der Waals surface area contributed by atoms with Crippen LogP contribution in [0.15, 0.2) is 18.2 Å². The predicted octanol–water partition coefficient (Wildman–Crippen LogP) is 3.66. The molecule has 1 spiro atoms. The fourth-order valence-corrected chi connectivity index (χ4v) is 3.81. The molecule has 2 aliphatic heterocycles. The molecule has 0 bridgehead atoms. The molecule has 2 aliphatic rings. The summed E-state index contributed by atoms with van der Waals surface area (Å²) < 4.78 is 11.5. The maximum absolute atomic E-state index is 10.8. The van der Waals surface area contributed by atoms with Crippen molar-refractivity contribution in [2.45, 2.75) is 44.3 Å². The van der Waals surface area contributed by atoms with Crippen molar-refractivity contribution < 1.29 is 14.6 Å². The van der Waals surface area contributed by atoms with Gasteiger partial charge < -0.3 is 14.6 Å². The van der Waals surface area contributed by atoms with E-state index in [9.17, 15) is 5.11 Å². The van der Waals surface area contributed by atoms with E-state index in [0.29, 0.717) is 0 Å². The van der Waals surface area contributed by atoms with E-state index in [1.165, 1.54) is 0 Å². The first-order valence-electron chi connectivity index (χ1n) is 7.76. The fraction of sp³-hybridized carbons (Fsp3) is 0.647. The average Bonchev–Trinajstić information content (AvgIpc) is 2.50. The number of benzene rings is 1. The predicted molar refractivity (Wildman–Crippen MR) is 82.6 cm³/mol. The van der Waals surface area contributed by atoms with Crippen molar-refractivity contribution in [2.24, 2.45) is 5.92 Å². The second-order valence-corrected chi connectivity index (χ2v) is 6.70. The fourth-order valence-electron chi connectivity index (χ4n) is 3.63. The molecule has 1 aromatic carbocycles. The van der Waals surface area contributed by atoms with Crippen molar-refractivity contribution in [3.8, 4) is 0 Å². The van der Waals surface area contributed by atoms with Gasteiger partial charge >= 0.3 is 0 Å². The van der Waals surface area contributed by atoms with E-state index in [1.807, 2.05) is 25.1 Å². The van der Waals surface area contributed by atoms with Gasteiger partial charge in [0.25, 0.3) is 0 Å². The van der Waals surface area contributed by atoms with Gasteiger partial charge in [0.2, 0.25) is 0 Å². The van der Waals surface area contributed by atoms with E-state index in [2.05, 4.69) is 0 Å². The second kappa shape index (κ2) is 6.25. The van der Waals surface area contributed by atoms with E-state index in [-0.39, 0.29) is 11.5 Å². The third-order valence-corrected chi connectivity index (χ3v) is 5.42. The molecule has 2 saturated heterocycles. The van der Waals surface area contributed by atoms with Crippen LogP contribution in [-0.4, -0.2) is 30.5 Å². The first kappa shape index (κ1) is 15.3. The van der Waals surface area contributed by atoms with Gasteiger partial charge in [0, 0.05) is 24.8 Å². The number of hydrogen-bond acceptors (Lipinski definition) is 3. The third-order valence-electron chi connectivity index (χ3n) is 5.01. The zero-order chi connectivity index (χ0) is 14.9. The molecule has 3 nitrogen and oxygen atoms in total. The van der Waals surface area contributed by atoms with E-state index < -0.39 is 6.10 Å². The highest BCUT2D eigenvalue weighted by molar-refractivity contribution is 6.31. The summed E-state index contributed by atoms with van der Waals surface area (Å²) in [6.07, 6.45) is 3.21. The summed E-state index contributed by atoms with van der Waals surface area (Å²) in [7, 11) is 0. The lowest BCUT2D eigenvalue weighted by molar-refractivity contribution is -0.159. The van der Waals surface area contributed by atoms with E-state index in [4.69, 9.17) is 21.1 Å². The Bertz CT molecular complexity index is 491. The van der Waals surface area contributed by atoms with Gasteiger partial charge in [0.15, 0.2) is 0 Å². The molecular formula is C17H23ClO3. The molecule has 4 heteroatoms. The van der Waals surface area contributed by atoms with Crippen LogP contribution in [0.1, 0.15) is 42.9 Å². The Morgan fingerprint density at radius 1 is 1.29 bits per heavy atom. The van der Waals surface area contributed by atoms with Crippen LogP contribution in [0.25, 0.3) is 0 Å². The Morgan fingerprint density at radius 2 is 2.05 bits per heavy atom. The van der Waals surface area contributed by atoms with Crippen molar-refractivity contribution in [3.63, 3.8) is 0 Å². The molecule has 0 radical (unpaired) electrons. The minimum absolute atomic E-state index is 0.0887. The average molecular weight is 311 g/mol. The van der Waals surface area contributed by atoms with Gasteiger partial charge in [-0.05, 0) is 55.7 Å². The van der Waals surface area contributed by atoms with Crippen LogP contribution < -0.4 is 0 Å². The van der Waals surface area contributed by atoms with Gasteiger partial charge in [-0.1, -0.05) is 23.7 Å². The topological polar surface area (TPSA) is 38.7 Å². The van der Waals surface area contributed by atoms with Crippen LogP contribution in [0.4, 0.5) is 0 Å². The Hall–Kier alpha value is -0.610. The quantitative estimate of drug-likeness (QED) is 0.906. The Kier molecular flexibility index (Phi) is 4.55. The van der Waals surface area contributed by atoms with Crippen LogP contribution in [0.2, 0.25) is 5.02 Å². The monoisotopic (exact) mass is 310 g/mol. The highest BCUT2D eigenvalue weighted by Crippen LogP contribution is 2.42. The number of aliphatic hydroxyl groups is 1. The van der Waals surface area contributed by atoms with Crippen LogP contribution in [0.3, 0.4) is 0 Å². The van der Waals surface area contributed by atoms with Gasteiger partial charge in [-0.15, -0.1) is 0 Å². The smallest absolute Gasteiger partial charge is 0.0823 e. The lowest BCUT2D eigenvalue weighted by atomic mass is 9.77. The molecule has 1 aromatic rings. The number of ether oxygens (including phenoxy) is 2. The van der Waals surface area contributed by atoms with Crippen molar-refractivity contribution in [1.82, 2.24) is 0 Å². The van der Waals surface area contributed by atoms with Gasteiger partial charge in [0.1, 0.15) is 0 Å². The SMILES string of the molecule is Cc1c(Cl)cccc1C(O)C1CCOC2(CCOCC2)C1. The van der Waals surface area contributed by atoms with Crippen molar-refractivity contribution in [1.29, 1.82) is 0 Å². The number of rotatable bonds is 2. The molecule has 0 aliphatic carbocycles. The molecule has 2 heterocycles. The highest BCUT2D eigenvalue weighted by Gasteiger charge is 2.41. The normalized spacial score (nSPS) is 26.7. The molecule has 0 aromatic heterocycles. The van der Waals surface area contributed by atoms with E-state index >= 15 is 0 Å². The lowest BCUT2D eigenvalue weighted by Crippen LogP contribution is -2.45. The molecule has 2 unspecified atom stereocenters. The van der Waals surface area contributed by atoms with Crippen molar-refractivity contribution in [2.75, 3.05) is 19.8 Å². The van der Waals surface area contributed by atoms with Crippen LogP contribution >= 0.6 is 11.6 Å². The number of hydrogen-bond donors (Lipinski definition) is 1. The molecule has 3 rings (SSSR count). The molecule has 2 fully saturated rings. The summed E-state index contributed by atoms with van der Waals surface area (Å²) in [5.41, 5.74) is 1.85. The molecule has 0 saturated carbocycles. The third kappa shape index (κ3) is 3.11. The van der Waals surface area contributed by atoms with Gasteiger partial charge in [-0.3, -0.25) is 0 Å². The van der Waals surface area contributed by atoms with Gasteiger partial charge in [-0.25, -0.2) is 0 Å². The summed E-state index contributed by atoms with van der Waals surface area (Å²) in [6.45, 7) is 4.23. The standard InChI is InChI=1S/C17H23ClO3/c1-12-14(3-2-4-15(12)18)16(19)13-5-8-21-17(11-13)6-9-20-10-7-17/h2-4,13,16,19H,5-11H2,1H3. The lowest BCUT2D eigenvalue weighted by Gasteiger charge is -2.44. The molecule has 2 atom stereocenters. The molecule has 116 valence electrons. The number of aliphatic hydroxyl groups excluding tert-OH is 1.